The Balaban J connectivity index is 2.13. The minimum atomic E-state index is 0.0734. The third-order valence-electron chi connectivity index (χ3n) is 3.28. The van der Waals surface area contributed by atoms with Crippen molar-refractivity contribution in [1.29, 1.82) is 0 Å². The molecule has 3 N–H and O–H groups in total. The minimum Gasteiger partial charge on any atom is -0.395 e. The van der Waals surface area contributed by atoms with Gasteiger partial charge in [-0.15, -0.1) is 0 Å². The van der Waals surface area contributed by atoms with Crippen molar-refractivity contribution in [2.45, 2.75) is 12.6 Å². The predicted octanol–water partition coefficient (Wildman–Crippen LogP) is 0.190. The molecule has 1 heterocycles. The van der Waals surface area contributed by atoms with Crippen molar-refractivity contribution >= 4 is 0 Å². The lowest BCUT2D eigenvalue weighted by Crippen LogP contribution is -2.46. The van der Waals surface area contributed by atoms with E-state index in [1.807, 2.05) is 18.2 Å². The normalized spacial score (nSPS) is 19.8. The predicted molar refractivity (Wildman–Crippen MR) is 74.5 cm³/mol. The molecule has 0 amide bonds. The Bertz CT molecular complexity index is 465. The van der Waals surface area contributed by atoms with Crippen LogP contribution in [0.5, 0.6) is 0 Å². The van der Waals surface area contributed by atoms with Crippen LogP contribution in [0.1, 0.15) is 11.1 Å². The van der Waals surface area contributed by atoms with Crippen molar-refractivity contribution < 1.29 is 9.84 Å². The molecule has 1 saturated heterocycles. The molecule has 1 aromatic rings. The Kier molecular flexibility index (Phi) is 5.37. The monoisotopic (exact) mass is 260 g/mol. The van der Waals surface area contributed by atoms with Gasteiger partial charge in [-0.3, -0.25) is 4.90 Å². The first kappa shape index (κ1) is 14.0. The van der Waals surface area contributed by atoms with Crippen molar-refractivity contribution in [3.63, 3.8) is 0 Å². The summed E-state index contributed by atoms with van der Waals surface area (Å²) < 4.78 is 5.39. The minimum absolute atomic E-state index is 0.0734. The molecule has 0 spiro atoms. The molecule has 1 aliphatic rings. The molecular weight excluding hydrogens is 240 g/mol. The average Bonchev–Trinajstić information content (AvgIpc) is 2.47. The second-order valence-corrected chi connectivity index (χ2v) is 4.54. The first-order chi connectivity index (χ1) is 9.35. The second kappa shape index (κ2) is 7.27. The van der Waals surface area contributed by atoms with Crippen molar-refractivity contribution in [3.8, 4) is 11.8 Å². The number of nitrogens with two attached hydrogens (primary N) is 1. The number of nitrogens with zero attached hydrogens (tertiary/aromatic N) is 1. The van der Waals surface area contributed by atoms with Gasteiger partial charge in [0.15, 0.2) is 0 Å². The van der Waals surface area contributed by atoms with Crippen molar-refractivity contribution in [1.82, 2.24) is 4.90 Å². The summed E-state index contributed by atoms with van der Waals surface area (Å²) in [4.78, 5) is 2.24. The molecule has 1 fully saturated rings. The topological polar surface area (TPSA) is 58.7 Å². The molecule has 0 saturated carbocycles. The van der Waals surface area contributed by atoms with Crippen molar-refractivity contribution in [2.24, 2.45) is 5.73 Å². The summed E-state index contributed by atoms with van der Waals surface area (Å²) in [6.07, 6.45) is 0. The fraction of sp³-hybridized carbons (Fsp3) is 0.467. The van der Waals surface area contributed by atoms with Crippen LogP contribution < -0.4 is 5.73 Å². The van der Waals surface area contributed by atoms with Crippen LogP contribution >= 0.6 is 0 Å². The smallest absolute Gasteiger partial charge is 0.0644 e. The quantitative estimate of drug-likeness (QED) is 0.762. The van der Waals surface area contributed by atoms with E-state index in [0.717, 1.165) is 18.7 Å². The highest BCUT2D eigenvalue weighted by atomic mass is 16.5. The molecule has 19 heavy (non-hydrogen) atoms. The van der Waals surface area contributed by atoms with E-state index in [9.17, 15) is 5.11 Å². The lowest BCUT2D eigenvalue weighted by molar-refractivity contribution is -0.0312. The molecule has 0 bridgehead atoms. The Hall–Kier alpha value is -1.38. The van der Waals surface area contributed by atoms with Gasteiger partial charge in [-0.1, -0.05) is 30.0 Å². The van der Waals surface area contributed by atoms with E-state index in [1.54, 1.807) is 0 Å². The maximum atomic E-state index is 9.38. The highest BCUT2D eigenvalue weighted by Gasteiger charge is 2.22. The lowest BCUT2D eigenvalue weighted by atomic mass is 10.1. The molecule has 1 aliphatic heterocycles. The zero-order chi connectivity index (χ0) is 13.5. The first-order valence-electron chi connectivity index (χ1n) is 6.54. The Labute approximate surface area is 114 Å². The van der Waals surface area contributed by atoms with Crippen LogP contribution in [0.4, 0.5) is 0 Å². The summed E-state index contributed by atoms with van der Waals surface area (Å²) >= 11 is 0. The van der Waals surface area contributed by atoms with Gasteiger partial charge in [-0.2, -0.15) is 0 Å². The first-order valence-corrected chi connectivity index (χ1v) is 6.54. The summed E-state index contributed by atoms with van der Waals surface area (Å²) in [5.41, 5.74) is 7.60. The fourth-order valence-corrected chi connectivity index (χ4v) is 2.21. The highest BCUT2D eigenvalue weighted by Crippen LogP contribution is 2.15. The van der Waals surface area contributed by atoms with Gasteiger partial charge in [-0.25, -0.2) is 0 Å². The zero-order valence-corrected chi connectivity index (χ0v) is 11.0. The van der Waals surface area contributed by atoms with Gasteiger partial charge in [0.2, 0.25) is 0 Å². The summed E-state index contributed by atoms with van der Waals surface area (Å²) in [6.45, 7) is 3.41. The van der Waals surface area contributed by atoms with E-state index in [1.165, 1.54) is 5.56 Å². The summed E-state index contributed by atoms with van der Waals surface area (Å²) in [6, 6.07) is 8.14. The van der Waals surface area contributed by atoms with Crippen molar-refractivity contribution in [2.75, 3.05) is 32.9 Å². The van der Waals surface area contributed by atoms with E-state index in [4.69, 9.17) is 10.5 Å². The molecule has 1 unspecified atom stereocenters. The molecule has 1 aromatic carbocycles. The molecule has 0 aromatic heterocycles. The SMILES string of the molecule is NCC#Cc1ccccc1CN1CCOCC1CO. The van der Waals surface area contributed by atoms with Crippen LogP contribution in [0, 0.1) is 11.8 Å². The van der Waals surface area contributed by atoms with E-state index in [2.05, 4.69) is 22.8 Å². The van der Waals surface area contributed by atoms with E-state index in [0.29, 0.717) is 19.8 Å². The van der Waals surface area contributed by atoms with Gasteiger partial charge in [-0.05, 0) is 11.6 Å². The molecule has 0 radical (unpaired) electrons. The Morgan fingerprint density at radius 3 is 3.05 bits per heavy atom. The number of morpholine rings is 1. The molecule has 1 atom stereocenters. The molecule has 0 aliphatic carbocycles. The molecule has 102 valence electrons. The second-order valence-electron chi connectivity index (χ2n) is 4.54. The van der Waals surface area contributed by atoms with Gasteiger partial charge in [0, 0.05) is 18.7 Å². The van der Waals surface area contributed by atoms with Crippen molar-refractivity contribution in [3.05, 3.63) is 35.4 Å². The third kappa shape index (κ3) is 3.79. The highest BCUT2D eigenvalue weighted by molar-refractivity contribution is 5.41. The maximum absolute atomic E-state index is 9.38. The largest absolute Gasteiger partial charge is 0.395 e. The molecule has 4 nitrogen and oxygen atoms in total. The Morgan fingerprint density at radius 1 is 1.42 bits per heavy atom. The van der Waals surface area contributed by atoms with Crippen LogP contribution in [0.25, 0.3) is 0 Å². The van der Waals surface area contributed by atoms with Crippen LogP contribution in [0.2, 0.25) is 0 Å². The van der Waals surface area contributed by atoms with Crippen LogP contribution in [0.15, 0.2) is 24.3 Å². The zero-order valence-electron chi connectivity index (χ0n) is 11.0. The van der Waals surface area contributed by atoms with Gasteiger partial charge < -0.3 is 15.6 Å². The van der Waals surface area contributed by atoms with Crippen LogP contribution in [0.3, 0.4) is 0 Å². The molecule has 4 heteroatoms. The van der Waals surface area contributed by atoms with Gasteiger partial charge in [0.25, 0.3) is 0 Å². The lowest BCUT2D eigenvalue weighted by Gasteiger charge is -2.34. The van der Waals surface area contributed by atoms with E-state index >= 15 is 0 Å². The van der Waals surface area contributed by atoms with E-state index in [-0.39, 0.29) is 12.6 Å². The van der Waals surface area contributed by atoms with E-state index < -0.39 is 0 Å². The molecule has 2 rings (SSSR count). The Morgan fingerprint density at radius 2 is 2.26 bits per heavy atom. The number of hydrogen-bond acceptors (Lipinski definition) is 4. The number of rotatable bonds is 3. The summed E-state index contributed by atoms with van der Waals surface area (Å²) in [7, 11) is 0. The number of aliphatic hydroxyl groups is 1. The fourth-order valence-electron chi connectivity index (χ4n) is 2.21. The average molecular weight is 260 g/mol. The number of hydrogen-bond donors (Lipinski definition) is 2. The summed E-state index contributed by atoms with van der Waals surface area (Å²) in [5.74, 6) is 5.99. The number of benzene rings is 1. The standard InChI is InChI=1S/C15H20N2O2/c16-7-3-6-13-4-1-2-5-14(13)10-17-8-9-19-12-15(17)11-18/h1-2,4-5,15,18H,7-12,16H2. The van der Waals surface area contributed by atoms with Gasteiger partial charge in [0.1, 0.15) is 0 Å². The van der Waals surface area contributed by atoms with Crippen LogP contribution in [-0.2, 0) is 11.3 Å². The maximum Gasteiger partial charge on any atom is 0.0644 e. The van der Waals surface area contributed by atoms with Gasteiger partial charge in [0.05, 0.1) is 32.4 Å². The number of ether oxygens (including phenoxy) is 1. The number of aliphatic hydroxyl groups excluding tert-OH is 1. The van der Waals surface area contributed by atoms with Gasteiger partial charge >= 0.3 is 0 Å². The third-order valence-corrected chi connectivity index (χ3v) is 3.28. The van der Waals surface area contributed by atoms with Crippen LogP contribution in [-0.4, -0.2) is 49.0 Å². The molecular formula is C15H20N2O2. The summed E-state index contributed by atoms with van der Waals surface area (Å²) in [5, 5.41) is 9.38.